The van der Waals surface area contributed by atoms with Gasteiger partial charge in [-0.25, -0.2) is 0 Å². The number of thiocarbonyl (C=S) groups is 1. The number of hydrogen-bond acceptors (Lipinski definition) is 3. The van der Waals surface area contributed by atoms with Crippen molar-refractivity contribution in [3.05, 3.63) is 0 Å². The van der Waals surface area contributed by atoms with Crippen LogP contribution in [-0.2, 0) is 17.4 Å². The van der Waals surface area contributed by atoms with Crippen molar-refractivity contribution in [3.63, 3.8) is 0 Å². The Balaban J connectivity index is 0. The topological polar surface area (TPSA) is 9.23 Å². The molecule has 0 aliphatic rings. The molecule has 0 amide bonds. The smallest absolute Gasteiger partial charge is 0.513 e. The summed E-state index contributed by atoms with van der Waals surface area (Å²) in [6.07, 6.45) is 4.89. The molecule has 0 bridgehead atoms. The first-order chi connectivity index (χ1) is 5.70. The van der Waals surface area contributed by atoms with Crippen LogP contribution in [0.1, 0.15) is 39.5 Å². The molecule has 0 radical (unpaired) electrons. The molecule has 0 rings (SSSR count). The van der Waals surface area contributed by atoms with Crippen LogP contribution in [0.2, 0.25) is 0 Å². The minimum Gasteiger partial charge on any atom is -0.513 e. The molecule has 1 nitrogen and oxygen atoms in total. The Morgan fingerprint density at radius 2 is 2.08 bits per heavy atom. The van der Waals surface area contributed by atoms with E-state index in [0.717, 1.165) is 6.42 Å². The second-order valence-corrected chi connectivity index (χ2v) is 3.98. The molecule has 0 saturated heterocycles. The van der Waals surface area contributed by atoms with E-state index < -0.39 is 0 Å². The third-order valence-electron chi connectivity index (χ3n) is 1.98. The Kier molecular flexibility index (Phi) is 15.6. The Bertz CT molecular complexity index is 131. The van der Waals surface area contributed by atoms with Gasteiger partial charge in [-0.15, -0.1) is 0 Å². The van der Waals surface area contributed by atoms with Crippen LogP contribution in [0, 0.1) is 5.92 Å². The molecule has 0 aliphatic carbocycles. The van der Waals surface area contributed by atoms with Crippen molar-refractivity contribution in [1.82, 2.24) is 0 Å². The average molecular weight is 244 g/mol. The SMILES string of the molecule is CCCCC(CC)COC(=S)[S-].[K+]. The van der Waals surface area contributed by atoms with Gasteiger partial charge in [0.25, 0.3) is 0 Å². The van der Waals surface area contributed by atoms with Crippen LogP contribution < -0.4 is 51.4 Å². The summed E-state index contributed by atoms with van der Waals surface area (Å²) in [5.74, 6) is 0.630. The van der Waals surface area contributed by atoms with Gasteiger partial charge in [-0.05, 0) is 12.3 Å². The fourth-order valence-corrected chi connectivity index (χ4v) is 1.22. The van der Waals surface area contributed by atoms with Crippen LogP contribution in [0.3, 0.4) is 0 Å². The van der Waals surface area contributed by atoms with Crippen LogP contribution in [0.15, 0.2) is 0 Å². The summed E-state index contributed by atoms with van der Waals surface area (Å²) >= 11 is 9.33. The molecule has 0 fully saturated rings. The molecule has 1 atom stereocenters. The molecular formula is C9H17KOS2. The molecule has 0 aliphatic heterocycles. The van der Waals surface area contributed by atoms with E-state index in [4.69, 9.17) is 4.74 Å². The van der Waals surface area contributed by atoms with Crippen molar-refractivity contribution >= 4 is 29.2 Å². The van der Waals surface area contributed by atoms with Crippen molar-refractivity contribution in [2.45, 2.75) is 39.5 Å². The van der Waals surface area contributed by atoms with Gasteiger partial charge in [0.2, 0.25) is 0 Å². The van der Waals surface area contributed by atoms with Gasteiger partial charge in [-0.3, -0.25) is 0 Å². The summed E-state index contributed by atoms with van der Waals surface area (Å²) in [5.41, 5.74) is 0. The Morgan fingerprint density at radius 3 is 2.46 bits per heavy atom. The van der Waals surface area contributed by atoms with Gasteiger partial charge in [0.05, 0.1) is 6.61 Å². The number of unbranched alkanes of at least 4 members (excludes halogenated alkanes) is 1. The van der Waals surface area contributed by atoms with Gasteiger partial charge in [0.15, 0.2) is 0 Å². The molecule has 0 aromatic heterocycles. The number of rotatable bonds is 6. The van der Waals surface area contributed by atoms with Crippen LogP contribution >= 0.6 is 12.2 Å². The third kappa shape index (κ3) is 11.7. The second kappa shape index (κ2) is 11.8. The van der Waals surface area contributed by atoms with E-state index >= 15 is 0 Å². The predicted octanol–water partition coefficient (Wildman–Crippen LogP) is 0.0552. The molecular weight excluding hydrogens is 227 g/mol. The maximum absolute atomic E-state index is 5.14. The minimum absolute atomic E-state index is 0. The molecule has 0 heterocycles. The fourth-order valence-electron chi connectivity index (χ4n) is 1.08. The van der Waals surface area contributed by atoms with E-state index in [1.807, 2.05) is 0 Å². The van der Waals surface area contributed by atoms with E-state index in [2.05, 4.69) is 38.7 Å². The molecule has 0 saturated carbocycles. The third-order valence-corrected chi connectivity index (χ3v) is 2.22. The molecule has 13 heavy (non-hydrogen) atoms. The average Bonchev–Trinajstić information content (AvgIpc) is 2.05. The van der Waals surface area contributed by atoms with Gasteiger partial charge in [-0.1, -0.05) is 33.1 Å². The van der Waals surface area contributed by atoms with Gasteiger partial charge in [0.1, 0.15) is 0 Å². The van der Waals surface area contributed by atoms with Crippen molar-refractivity contribution in [1.29, 1.82) is 0 Å². The first-order valence-electron chi connectivity index (χ1n) is 4.54. The molecule has 0 aromatic carbocycles. The Morgan fingerprint density at radius 1 is 1.46 bits per heavy atom. The molecule has 0 spiro atoms. The Labute approximate surface area is 135 Å². The first kappa shape index (κ1) is 17.2. The monoisotopic (exact) mass is 244 g/mol. The minimum atomic E-state index is 0. The van der Waals surface area contributed by atoms with E-state index in [0.29, 0.717) is 12.5 Å². The Hall–Kier alpha value is 1.75. The summed E-state index contributed by atoms with van der Waals surface area (Å²) in [4.78, 5) is 0. The van der Waals surface area contributed by atoms with Crippen LogP contribution in [0.25, 0.3) is 0 Å². The van der Waals surface area contributed by atoms with E-state index in [9.17, 15) is 0 Å². The van der Waals surface area contributed by atoms with Gasteiger partial charge < -0.3 is 29.6 Å². The maximum Gasteiger partial charge on any atom is 1.00 e. The van der Waals surface area contributed by atoms with Gasteiger partial charge in [0, 0.05) is 4.38 Å². The summed E-state index contributed by atoms with van der Waals surface area (Å²) in [6, 6.07) is 0. The zero-order valence-electron chi connectivity index (χ0n) is 8.84. The number of ether oxygens (including phenoxy) is 1. The molecule has 1 unspecified atom stereocenters. The van der Waals surface area contributed by atoms with Crippen LogP contribution in [-0.4, -0.2) is 11.0 Å². The van der Waals surface area contributed by atoms with Crippen molar-refractivity contribution in [3.8, 4) is 0 Å². The van der Waals surface area contributed by atoms with Gasteiger partial charge in [-0.2, -0.15) is 0 Å². The number of hydrogen-bond donors (Lipinski definition) is 0. The standard InChI is InChI=1S/C9H18OS2.K/c1-3-5-6-8(4-2)7-10-9(11)12;/h8H,3-7H2,1-2H3,(H,11,12);/q;+1/p-1. The largest absolute Gasteiger partial charge is 1.00 e. The van der Waals surface area contributed by atoms with Crippen molar-refractivity contribution < 1.29 is 56.1 Å². The zero-order valence-corrected chi connectivity index (χ0v) is 13.6. The summed E-state index contributed by atoms with van der Waals surface area (Å²) in [5, 5.41) is 0. The zero-order chi connectivity index (χ0) is 9.40. The van der Waals surface area contributed by atoms with Crippen molar-refractivity contribution in [2.24, 2.45) is 5.92 Å². The predicted molar refractivity (Wildman–Crippen MR) is 59.2 cm³/mol. The molecule has 72 valence electrons. The van der Waals surface area contributed by atoms with E-state index in [1.54, 1.807) is 0 Å². The summed E-state index contributed by atoms with van der Waals surface area (Å²) in [7, 11) is 0. The second-order valence-electron chi connectivity index (χ2n) is 2.98. The van der Waals surface area contributed by atoms with Crippen molar-refractivity contribution in [2.75, 3.05) is 6.61 Å². The quantitative estimate of drug-likeness (QED) is 0.371. The summed E-state index contributed by atoms with van der Waals surface area (Å²) < 4.78 is 5.39. The first-order valence-corrected chi connectivity index (χ1v) is 5.36. The van der Waals surface area contributed by atoms with Gasteiger partial charge >= 0.3 is 51.4 Å². The summed E-state index contributed by atoms with van der Waals surface area (Å²) in [6.45, 7) is 5.08. The molecule has 4 heteroatoms. The van der Waals surface area contributed by atoms with Crippen LogP contribution in [0.5, 0.6) is 0 Å². The van der Waals surface area contributed by atoms with E-state index in [1.165, 1.54) is 19.3 Å². The molecule has 0 N–H and O–H groups in total. The molecule has 0 aromatic rings. The van der Waals surface area contributed by atoms with E-state index in [-0.39, 0.29) is 55.8 Å². The fraction of sp³-hybridized carbons (Fsp3) is 0.889. The maximum atomic E-state index is 5.14. The van der Waals surface area contributed by atoms with Crippen LogP contribution in [0.4, 0.5) is 0 Å². The normalized spacial score (nSPS) is 11.5.